The van der Waals surface area contributed by atoms with Crippen molar-refractivity contribution in [2.75, 3.05) is 13.2 Å². The van der Waals surface area contributed by atoms with Crippen LogP contribution in [0.4, 0.5) is 0 Å². The molecule has 0 amide bonds. The first-order valence-corrected chi connectivity index (χ1v) is 13.8. The minimum atomic E-state index is -4.78. The van der Waals surface area contributed by atoms with Gasteiger partial charge in [0.05, 0.1) is 12.7 Å². The molecule has 0 saturated carbocycles. The van der Waals surface area contributed by atoms with Gasteiger partial charge in [-0.3, -0.25) is 14.1 Å². The summed E-state index contributed by atoms with van der Waals surface area (Å²) >= 11 is 0. The molecule has 0 aliphatic heterocycles. The Bertz CT molecular complexity index is 850. The number of rotatable bonds is 20. The largest absolute Gasteiger partial charge is 0.469 e. The third-order valence-electron chi connectivity index (χ3n) is 4.41. The van der Waals surface area contributed by atoms with Gasteiger partial charge in [0.1, 0.15) is 6.61 Å². The molecule has 208 valence electrons. The number of phosphoric acid groups is 1. The monoisotopic (exact) mass is 540 g/mol. The van der Waals surface area contributed by atoms with Gasteiger partial charge >= 0.3 is 19.8 Å². The van der Waals surface area contributed by atoms with Crippen molar-refractivity contribution in [1.29, 1.82) is 0 Å². The van der Waals surface area contributed by atoms with E-state index in [1.807, 2.05) is 6.08 Å². The molecule has 0 saturated heterocycles. The Morgan fingerprint density at radius 1 is 0.838 bits per heavy atom. The molecule has 0 radical (unpaired) electrons. The molecule has 0 aromatic heterocycles. The lowest BCUT2D eigenvalue weighted by atomic mass is 10.2. The van der Waals surface area contributed by atoms with Gasteiger partial charge in [-0.25, -0.2) is 4.57 Å². The van der Waals surface area contributed by atoms with Crippen molar-refractivity contribution in [2.24, 2.45) is 0 Å². The van der Waals surface area contributed by atoms with Gasteiger partial charge in [-0.15, -0.1) is 0 Å². The van der Waals surface area contributed by atoms with E-state index in [0.717, 1.165) is 39.0 Å². The summed E-state index contributed by atoms with van der Waals surface area (Å²) in [6, 6.07) is 0. The van der Waals surface area contributed by atoms with E-state index in [4.69, 9.17) is 19.3 Å². The van der Waals surface area contributed by atoms with Crippen molar-refractivity contribution in [1.82, 2.24) is 0 Å². The van der Waals surface area contributed by atoms with Crippen molar-refractivity contribution in [2.45, 2.75) is 71.0 Å². The Morgan fingerprint density at radius 3 is 1.89 bits per heavy atom. The van der Waals surface area contributed by atoms with Gasteiger partial charge in [-0.2, -0.15) is 0 Å². The summed E-state index contributed by atoms with van der Waals surface area (Å²) < 4.78 is 24.9. The number of allylic oxidation sites excluding steroid dienone is 11. The van der Waals surface area contributed by atoms with Crippen LogP contribution in [0.5, 0.6) is 0 Å². The van der Waals surface area contributed by atoms with Crippen LogP contribution in [0.25, 0.3) is 0 Å². The lowest BCUT2D eigenvalue weighted by Gasteiger charge is -2.18. The normalized spacial score (nSPS) is 14.6. The smallest absolute Gasteiger partial charge is 0.462 e. The number of aliphatic hydroxyl groups excluding tert-OH is 1. The molecule has 3 N–H and O–H groups in total. The van der Waals surface area contributed by atoms with Gasteiger partial charge in [0, 0.05) is 13.3 Å². The molecule has 0 aromatic rings. The molecule has 10 heteroatoms. The maximum absolute atomic E-state index is 12.0. The summed E-state index contributed by atoms with van der Waals surface area (Å²) in [5.74, 6) is -1.37. The lowest BCUT2D eigenvalue weighted by Crippen LogP contribution is -2.29. The molecule has 0 heterocycles. The van der Waals surface area contributed by atoms with Crippen molar-refractivity contribution in [3.8, 4) is 0 Å². The summed E-state index contributed by atoms with van der Waals surface area (Å²) in [4.78, 5) is 40.4. The summed E-state index contributed by atoms with van der Waals surface area (Å²) in [5.41, 5.74) is 0. The zero-order chi connectivity index (χ0) is 27.8. The first-order chi connectivity index (χ1) is 17.6. The number of carbonyl (C=O) groups is 2. The second-order valence-electron chi connectivity index (χ2n) is 7.86. The van der Waals surface area contributed by atoms with E-state index in [1.54, 1.807) is 12.2 Å². The van der Waals surface area contributed by atoms with Crippen molar-refractivity contribution in [3.05, 3.63) is 72.9 Å². The van der Waals surface area contributed by atoms with Gasteiger partial charge in [0.15, 0.2) is 6.10 Å². The topological polar surface area (TPSA) is 140 Å². The highest BCUT2D eigenvalue weighted by molar-refractivity contribution is 7.46. The van der Waals surface area contributed by atoms with Gasteiger partial charge in [-0.05, 0) is 38.5 Å². The quantitative estimate of drug-likeness (QED) is 0.0840. The van der Waals surface area contributed by atoms with E-state index in [1.165, 1.54) is 6.08 Å². The molecule has 9 nitrogen and oxygen atoms in total. The Kier molecular flexibility index (Phi) is 21.1. The average Bonchev–Trinajstić information content (AvgIpc) is 2.83. The van der Waals surface area contributed by atoms with E-state index < -0.39 is 45.2 Å². The fraction of sp³-hybridized carbons (Fsp3) is 0.481. The number of hydrogen-bond acceptors (Lipinski definition) is 7. The van der Waals surface area contributed by atoms with Crippen LogP contribution in [-0.4, -0.2) is 52.3 Å². The molecule has 2 atom stereocenters. The second-order valence-corrected chi connectivity index (χ2v) is 9.10. The van der Waals surface area contributed by atoms with Crippen molar-refractivity contribution < 1.29 is 43.0 Å². The average molecular weight is 541 g/mol. The van der Waals surface area contributed by atoms with Crippen LogP contribution in [0.1, 0.15) is 58.8 Å². The molecule has 0 bridgehead atoms. The van der Waals surface area contributed by atoms with Crippen LogP contribution in [-0.2, 0) is 28.2 Å². The maximum Gasteiger partial charge on any atom is 0.469 e. The minimum absolute atomic E-state index is 0.0830. The number of ether oxygens (including phenoxy) is 2. The summed E-state index contributed by atoms with van der Waals surface area (Å²) in [5, 5.41) is 9.98. The Hall–Kier alpha value is -2.55. The first kappa shape index (κ1) is 34.5. The molecule has 0 rings (SSSR count). The van der Waals surface area contributed by atoms with Crippen molar-refractivity contribution >= 4 is 19.8 Å². The van der Waals surface area contributed by atoms with Crippen LogP contribution < -0.4 is 0 Å². The first-order valence-electron chi connectivity index (χ1n) is 12.3. The highest BCUT2D eigenvalue weighted by atomic mass is 31.2. The predicted molar refractivity (Wildman–Crippen MR) is 143 cm³/mol. The van der Waals surface area contributed by atoms with Gasteiger partial charge in [0.25, 0.3) is 0 Å². The zero-order valence-electron chi connectivity index (χ0n) is 21.7. The standard InChI is InChI=1S/C27H41O9P/c1-3-4-5-6-7-8-9-10-11-12-13-14-15-16-17-18-19-25(29)20-21-27(30)36-26(22-34-24(2)28)23-35-37(31,32)33/h4-5,7-8,10-11,13-14,16-19,25-26,29H,3,6,9,12,15,20-23H2,1-2H3,(H2,31,32,33)/b5-4-,8-7-,11-10-,14-13-,17-16-,19-18-/t25?,26-/m1/s1. The molecular weight excluding hydrogens is 499 g/mol. The molecular formula is C27H41O9P. The van der Waals surface area contributed by atoms with Crippen LogP contribution in [0.3, 0.4) is 0 Å². The Labute approximate surface area is 220 Å². The lowest BCUT2D eigenvalue weighted by molar-refractivity contribution is -0.160. The molecule has 0 spiro atoms. The van der Waals surface area contributed by atoms with Crippen LogP contribution in [0, 0.1) is 0 Å². The fourth-order valence-electron chi connectivity index (χ4n) is 2.62. The fourth-order valence-corrected chi connectivity index (χ4v) is 2.98. The molecule has 0 aromatic carbocycles. The van der Waals surface area contributed by atoms with E-state index in [2.05, 4.69) is 60.1 Å². The van der Waals surface area contributed by atoms with E-state index in [-0.39, 0.29) is 12.8 Å². The summed E-state index contributed by atoms with van der Waals surface area (Å²) in [6.45, 7) is 2.21. The van der Waals surface area contributed by atoms with Gasteiger partial charge in [-0.1, -0.05) is 79.8 Å². The minimum Gasteiger partial charge on any atom is -0.462 e. The molecule has 1 unspecified atom stereocenters. The van der Waals surface area contributed by atoms with Crippen molar-refractivity contribution in [3.63, 3.8) is 0 Å². The number of carbonyl (C=O) groups excluding carboxylic acids is 2. The second kappa shape index (κ2) is 22.6. The SMILES string of the molecule is CC/C=C\C/C=C\C/C=C\C/C=C\C/C=C\C=C/C(O)CCC(=O)O[C@H](COC(C)=O)COP(=O)(O)O. The highest BCUT2D eigenvalue weighted by Gasteiger charge is 2.22. The third-order valence-corrected chi connectivity index (χ3v) is 4.90. The molecule has 37 heavy (non-hydrogen) atoms. The van der Waals surface area contributed by atoms with Crippen LogP contribution in [0.2, 0.25) is 0 Å². The summed E-state index contributed by atoms with van der Waals surface area (Å²) in [7, 11) is -4.78. The van der Waals surface area contributed by atoms with E-state index in [0.29, 0.717) is 0 Å². The molecule has 0 fully saturated rings. The van der Waals surface area contributed by atoms with E-state index >= 15 is 0 Å². The van der Waals surface area contributed by atoms with Gasteiger partial charge in [0.2, 0.25) is 0 Å². The molecule has 0 aliphatic rings. The summed E-state index contributed by atoms with van der Waals surface area (Å²) in [6.07, 6.45) is 26.4. The Balaban J connectivity index is 4.15. The highest BCUT2D eigenvalue weighted by Crippen LogP contribution is 2.35. The number of hydrogen-bond donors (Lipinski definition) is 3. The third kappa shape index (κ3) is 26.3. The van der Waals surface area contributed by atoms with E-state index in [9.17, 15) is 19.3 Å². The zero-order valence-corrected chi connectivity index (χ0v) is 22.6. The van der Waals surface area contributed by atoms with Crippen LogP contribution >= 0.6 is 7.82 Å². The number of phosphoric ester groups is 1. The predicted octanol–water partition coefficient (Wildman–Crippen LogP) is 5.02. The number of aliphatic hydroxyl groups is 1. The van der Waals surface area contributed by atoms with Crippen LogP contribution in [0.15, 0.2) is 72.9 Å². The molecule has 0 aliphatic carbocycles. The number of esters is 2. The maximum atomic E-state index is 12.0. The van der Waals surface area contributed by atoms with Gasteiger partial charge < -0.3 is 24.4 Å². The Morgan fingerprint density at radius 2 is 1.38 bits per heavy atom.